The molecule has 1 aliphatic rings. The minimum Gasteiger partial charge on any atom is -0.336 e. The van der Waals surface area contributed by atoms with E-state index in [0.29, 0.717) is 5.52 Å². The first-order valence-corrected chi connectivity index (χ1v) is 10.5. The van der Waals surface area contributed by atoms with Gasteiger partial charge in [0.2, 0.25) is 0 Å². The smallest absolute Gasteiger partial charge is 0.253 e. The van der Waals surface area contributed by atoms with Crippen molar-refractivity contribution in [3.8, 4) is 0 Å². The second-order valence-corrected chi connectivity index (χ2v) is 8.13. The molecule has 0 N–H and O–H groups in total. The van der Waals surface area contributed by atoms with E-state index in [-0.39, 0.29) is 11.7 Å². The number of fused-ring (bicyclic) bond motifs is 2. The molecule has 0 saturated carbocycles. The summed E-state index contributed by atoms with van der Waals surface area (Å²) in [6, 6.07) is 10.4. The molecule has 0 unspecified atom stereocenters. The first-order chi connectivity index (χ1) is 14.2. The number of rotatable bonds is 4. The van der Waals surface area contributed by atoms with Crippen LogP contribution in [0, 0.1) is 5.82 Å². The van der Waals surface area contributed by atoms with Crippen LogP contribution in [0.5, 0.6) is 0 Å². The van der Waals surface area contributed by atoms with Gasteiger partial charge in [0.05, 0.1) is 33.1 Å². The van der Waals surface area contributed by atoms with Crippen molar-refractivity contribution >= 4 is 38.5 Å². The maximum absolute atomic E-state index is 13.3. The zero-order valence-corrected chi connectivity index (χ0v) is 16.6. The third-order valence-corrected chi connectivity index (χ3v) is 6.27. The van der Waals surface area contributed by atoms with Crippen LogP contribution in [0.3, 0.4) is 0 Å². The average molecular weight is 409 g/mol. The van der Waals surface area contributed by atoms with E-state index in [1.54, 1.807) is 29.2 Å². The van der Waals surface area contributed by atoms with Crippen LogP contribution in [-0.4, -0.2) is 63.0 Å². The van der Waals surface area contributed by atoms with Gasteiger partial charge in [-0.3, -0.25) is 9.69 Å². The van der Waals surface area contributed by atoms with Crippen molar-refractivity contribution < 1.29 is 9.18 Å². The molecule has 0 spiro atoms. The van der Waals surface area contributed by atoms with Gasteiger partial charge in [-0.15, -0.1) is 11.3 Å². The van der Waals surface area contributed by atoms with Gasteiger partial charge in [-0.05, 0) is 30.3 Å². The number of hydrogen-bond acceptors (Lipinski definition) is 5. The molecule has 4 aromatic rings. The Kier molecular flexibility index (Phi) is 4.73. The summed E-state index contributed by atoms with van der Waals surface area (Å²) in [6.45, 7) is 4.78. The molecule has 0 radical (unpaired) electrons. The van der Waals surface area contributed by atoms with E-state index in [1.807, 2.05) is 23.1 Å². The lowest BCUT2D eigenvalue weighted by atomic mass is 10.1. The molecule has 6 nitrogen and oxygen atoms in total. The summed E-state index contributed by atoms with van der Waals surface area (Å²) < 4.78 is 16.4. The van der Waals surface area contributed by atoms with Crippen LogP contribution in [-0.2, 0) is 6.54 Å². The number of piperazine rings is 1. The third-order valence-electron chi connectivity index (χ3n) is 5.48. The maximum Gasteiger partial charge on any atom is 0.253 e. The first kappa shape index (κ1) is 18.2. The number of carbonyl (C=O) groups is 1. The van der Waals surface area contributed by atoms with Gasteiger partial charge in [0.1, 0.15) is 5.82 Å². The number of amides is 1. The highest BCUT2D eigenvalue weighted by Crippen LogP contribution is 2.20. The quantitative estimate of drug-likeness (QED) is 0.519. The molecule has 148 valence electrons. The Bertz CT molecular complexity index is 1180. The highest BCUT2D eigenvalue weighted by molar-refractivity contribution is 7.16. The normalized spacial score (nSPS) is 15.4. The Morgan fingerprint density at radius 1 is 1.00 bits per heavy atom. The van der Waals surface area contributed by atoms with Crippen LogP contribution < -0.4 is 0 Å². The lowest BCUT2D eigenvalue weighted by molar-refractivity contribution is 0.0634. The Morgan fingerprint density at radius 3 is 2.72 bits per heavy atom. The van der Waals surface area contributed by atoms with E-state index in [1.165, 1.54) is 12.1 Å². The standard InChI is InChI=1S/C21H20FN5OS/c22-16-2-4-19-18(12-16)23-13-27(19)10-7-25-5-8-26(9-6-25)21(28)15-1-3-17-20(11-15)29-14-24-17/h1-4,11-14H,5-10H2. The SMILES string of the molecule is O=C(c1ccc2ncsc2c1)N1CCN(CCn2cnc3cc(F)ccc32)CC1. The summed E-state index contributed by atoms with van der Waals surface area (Å²) in [7, 11) is 0. The molecule has 0 atom stereocenters. The van der Waals surface area contributed by atoms with E-state index in [0.717, 1.165) is 60.6 Å². The number of nitrogens with zero attached hydrogens (tertiary/aromatic N) is 5. The van der Waals surface area contributed by atoms with Crippen LogP contribution in [0.2, 0.25) is 0 Å². The van der Waals surface area contributed by atoms with Gasteiger partial charge in [0, 0.05) is 50.9 Å². The fourth-order valence-corrected chi connectivity index (χ4v) is 4.53. The van der Waals surface area contributed by atoms with Gasteiger partial charge in [-0.2, -0.15) is 0 Å². The summed E-state index contributed by atoms with van der Waals surface area (Å²) in [5.41, 5.74) is 5.09. The average Bonchev–Trinajstić information content (AvgIpc) is 3.38. The topological polar surface area (TPSA) is 54.3 Å². The summed E-state index contributed by atoms with van der Waals surface area (Å²) >= 11 is 1.55. The molecule has 3 heterocycles. The Labute approximate surface area is 171 Å². The Hall–Kier alpha value is -2.84. The molecule has 1 amide bonds. The molecule has 8 heteroatoms. The lowest BCUT2D eigenvalue weighted by Crippen LogP contribution is -2.49. The van der Waals surface area contributed by atoms with Crippen LogP contribution in [0.4, 0.5) is 4.39 Å². The number of aromatic nitrogens is 3. The molecule has 29 heavy (non-hydrogen) atoms. The molecule has 0 aliphatic carbocycles. The second-order valence-electron chi connectivity index (χ2n) is 7.24. The molecular weight excluding hydrogens is 389 g/mol. The van der Waals surface area contributed by atoms with Crippen molar-refractivity contribution in [3.05, 3.63) is 59.6 Å². The predicted octanol–water partition coefficient (Wildman–Crippen LogP) is 3.24. The molecule has 2 aromatic carbocycles. The van der Waals surface area contributed by atoms with E-state index < -0.39 is 0 Å². The van der Waals surface area contributed by atoms with E-state index in [2.05, 4.69) is 19.4 Å². The minimum absolute atomic E-state index is 0.0857. The zero-order valence-electron chi connectivity index (χ0n) is 15.8. The monoisotopic (exact) mass is 409 g/mol. The van der Waals surface area contributed by atoms with Gasteiger partial charge in [-0.1, -0.05) is 0 Å². The molecule has 0 bridgehead atoms. The van der Waals surface area contributed by atoms with Gasteiger partial charge in [0.25, 0.3) is 5.91 Å². The predicted molar refractivity (Wildman–Crippen MR) is 112 cm³/mol. The third kappa shape index (κ3) is 3.61. The van der Waals surface area contributed by atoms with Crippen molar-refractivity contribution in [2.75, 3.05) is 32.7 Å². The minimum atomic E-state index is -0.266. The van der Waals surface area contributed by atoms with E-state index >= 15 is 0 Å². The van der Waals surface area contributed by atoms with E-state index in [4.69, 9.17) is 0 Å². The molecule has 1 aliphatic heterocycles. The highest BCUT2D eigenvalue weighted by Gasteiger charge is 2.22. The highest BCUT2D eigenvalue weighted by atomic mass is 32.1. The van der Waals surface area contributed by atoms with Crippen LogP contribution in [0.1, 0.15) is 10.4 Å². The lowest BCUT2D eigenvalue weighted by Gasteiger charge is -2.34. The van der Waals surface area contributed by atoms with Gasteiger partial charge in [0.15, 0.2) is 0 Å². The number of imidazole rings is 1. The Morgan fingerprint density at radius 2 is 1.86 bits per heavy atom. The maximum atomic E-state index is 13.3. The van der Waals surface area contributed by atoms with Crippen LogP contribution in [0.25, 0.3) is 21.3 Å². The number of hydrogen-bond donors (Lipinski definition) is 0. The fraction of sp³-hybridized carbons (Fsp3) is 0.286. The summed E-state index contributed by atoms with van der Waals surface area (Å²) in [5, 5.41) is 0. The van der Waals surface area contributed by atoms with Crippen molar-refractivity contribution in [1.29, 1.82) is 0 Å². The first-order valence-electron chi connectivity index (χ1n) is 9.63. The van der Waals surface area contributed by atoms with Crippen molar-refractivity contribution in [3.63, 3.8) is 0 Å². The van der Waals surface area contributed by atoms with Gasteiger partial charge >= 0.3 is 0 Å². The van der Waals surface area contributed by atoms with Crippen molar-refractivity contribution in [2.45, 2.75) is 6.54 Å². The molecule has 2 aromatic heterocycles. The molecule has 5 rings (SSSR count). The van der Waals surface area contributed by atoms with Crippen LogP contribution in [0.15, 0.2) is 48.2 Å². The van der Waals surface area contributed by atoms with Crippen molar-refractivity contribution in [2.24, 2.45) is 0 Å². The summed E-state index contributed by atoms with van der Waals surface area (Å²) in [6.07, 6.45) is 1.76. The summed E-state index contributed by atoms with van der Waals surface area (Å²) in [4.78, 5) is 25.7. The number of thiazole rings is 1. The largest absolute Gasteiger partial charge is 0.336 e. The fourth-order valence-electron chi connectivity index (χ4n) is 3.81. The summed E-state index contributed by atoms with van der Waals surface area (Å²) in [5.74, 6) is -0.180. The molecular formula is C21H20FN5OS. The number of benzene rings is 2. The van der Waals surface area contributed by atoms with E-state index in [9.17, 15) is 9.18 Å². The zero-order chi connectivity index (χ0) is 19.8. The van der Waals surface area contributed by atoms with Gasteiger partial charge < -0.3 is 9.47 Å². The Balaban J connectivity index is 1.18. The molecule has 1 fully saturated rings. The number of carbonyl (C=O) groups excluding carboxylic acids is 1. The van der Waals surface area contributed by atoms with Gasteiger partial charge in [-0.25, -0.2) is 14.4 Å². The second kappa shape index (κ2) is 7.53. The number of halogens is 1. The van der Waals surface area contributed by atoms with Crippen molar-refractivity contribution in [1.82, 2.24) is 24.3 Å². The van der Waals surface area contributed by atoms with Crippen LogP contribution >= 0.6 is 11.3 Å². The molecule has 1 saturated heterocycles.